The number of benzene rings is 1. The summed E-state index contributed by atoms with van der Waals surface area (Å²) in [7, 11) is 1.57. The van der Waals surface area contributed by atoms with Crippen LogP contribution in [0.1, 0.15) is 37.6 Å². The van der Waals surface area contributed by atoms with E-state index in [1.54, 1.807) is 7.11 Å². The smallest absolute Gasteiger partial charge is 0.232 e. The number of hydrogen-bond acceptors (Lipinski definition) is 2. The van der Waals surface area contributed by atoms with Crippen LogP contribution in [-0.4, -0.2) is 17.4 Å². The molecule has 0 bridgehead atoms. The van der Waals surface area contributed by atoms with Crippen LogP contribution >= 0.6 is 27.5 Å². The Morgan fingerprint density at radius 3 is 2.35 bits per heavy atom. The number of hydrogen-bond donors (Lipinski definition) is 0. The standard InChI is InChI=1S/C19H21BrClNO/c1-19(2,3)14-7-5-13(6-8-14)15(11-12-20)17-10-9-16(21)18(22-17)23-4/h5-11H,12H2,1-4H3/b15-11-. The third-order valence-corrected chi connectivity index (χ3v) is 4.24. The first-order valence-corrected chi connectivity index (χ1v) is 8.94. The van der Waals surface area contributed by atoms with Crippen molar-refractivity contribution in [3.05, 3.63) is 64.3 Å². The molecule has 2 rings (SSSR count). The maximum Gasteiger partial charge on any atom is 0.232 e. The summed E-state index contributed by atoms with van der Waals surface area (Å²) in [4.78, 5) is 4.51. The molecule has 0 N–H and O–H groups in total. The number of halogens is 2. The van der Waals surface area contributed by atoms with Gasteiger partial charge in [0.1, 0.15) is 5.02 Å². The average molecular weight is 395 g/mol. The number of rotatable bonds is 4. The van der Waals surface area contributed by atoms with Crippen LogP contribution in [0.25, 0.3) is 5.57 Å². The lowest BCUT2D eigenvalue weighted by atomic mass is 9.86. The Bertz CT molecular complexity index is 702. The van der Waals surface area contributed by atoms with Crippen molar-refractivity contribution < 1.29 is 4.74 Å². The fourth-order valence-corrected chi connectivity index (χ4v) is 2.82. The molecule has 0 aliphatic rings. The van der Waals surface area contributed by atoms with Gasteiger partial charge in [-0.3, -0.25) is 0 Å². The third kappa shape index (κ3) is 4.36. The molecule has 0 spiro atoms. The van der Waals surface area contributed by atoms with E-state index in [-0.39, 0.29) is 5.41 Å². The van der Waals surface area contributed by atoms with E-state index in [0.717, 1.165) is 22.2 Å². The molecule has 1 aromatic carbocycles. The van der Waals surface area contributed by atoms with E-state index in [0.29, 0.717) is 10.9 Å². The van der Waals surface area contributed by atoms with Gasteiger partial charge in [-0.25, -0.2) is 4.98 Å². The van der Waals surface area contributed by atoms with Crippen molar-refractivity contribution in [2.75, 3.05) is 12.4 Å². The fourth-order valence-electron chi connectivity index (χ4n) is 2.31. The third-order valence-electron chi connectivity index (χ3n) is 3.63. The van der Waals surface area contributed by atoms with Gasteiger partial charge in [-0.2, -0.15) is 0 Å². The minimum atomic E-state index is 0.138. The quantitative estimate of drug-likeness (QED) is 0.605. The molecule has 0 aliphatic carbocycles. The van der Waals surface area contributed by atoms with Crippen LogP contribution in [0, 0.1) is 0 Å². The normalized spacial score (nSPS) is 12.3. The Labute approximate surface area is 151 Å². The highest BCUT2D eigenvalue weighted by molar-refractivity contribution is 9.09. The van der Waals surface area contributed by atoms with Crippen LogP contribution in [0.3, 0.4) is 0 Å². The summed E-state index contributed by atoms with van der Waals surface area (Å²) in [5.41, 5.74) is 4.46. The number of methoxy groups -OCH3 is 1. The number of allylic oxidation sites excluding steroid dienone is 1. The van der Waals surface area contributed by atoms with Gasteiger partial charge in [0.2, 0.25) is 5.88 Å². The monoisotopic (exact) mass is 393 g/mol. The molecule has 2 nitrogen and oxygen atoms in total. The summed E-state index contributed by atoms with van der Waals surface area (Å²) in [6.07, 6.45) is 2.10. The lowest BCUT2D eigenvalue weighted by Gasteiger charge is -2.19. The van der Waals surface area contributed by atoms with E-state index in [4.69, 9.17) is 16.3 Å². The van der Waals surface area contributed by atoms with Gasteiger partial charge in [0.25, 0.3) is 0 Å². The van der Waals surface area contributed by atoms with Crippen molar-refractivity contribution >= 4 is 33.1 Å². The summed E-state index contributed by atoms with van der Waals surface area (Å²) >= 11 is 9.56. The van der Waals surface area contributed by atoms with Crippen LogP contribution < -0.4 is 4.74 Å². The molecule has 0 amide bonds. The molecule has 23 heavy (non-hydrogen) atoms. The Morgan fingerprint density at radius 1 is 1.17 bits per heavy atom. The zero-order valence-electron chi connectivity index (χ0n) is 13.9. The van der Waals surface area contributed by atoms with E-state index in [2.05, 4.69) is 72.0 Å². The Hall–Kier alpha value is -1.32. The first-order valence-electron chi connectivity index (χ1n) is 7.44. The lowest BCUT2D eigenvalue weighted by Crippen LogP contribution is -2.10. The molecule has 0 aliphatic heterocycles. The second kappa shape index (κ2) is 7.50. The highest BCUT2D eigenvalue weighted by Gasteiger charge is 2.15. The van der Waals surface area contributed by atoms with Gasteiger partial charge >= 0.3 is 0 Å². The highest BCUT2D eigenvalue weighted by Crippen LogP contribution is 2.30. The second-order valence-corrected chi connectivity index (χ2v) is 7.34. The Morgan fingerprint density at radius 2 is 1.83 bits per heavy atom. The zero-order chi connectivity index (χ0) is 17.0. The summed E-state index contributed by atoms with van der Waals surface area (Å²) in [5.74, 6) is 0.441. The van der Waals surface area contributed by atoms with E-state index in [1.807, 2.05) is 12.1 Å². The number of alkyl halides is 1. The van der Waals surface area contributed by atoms with Crippen LogP contribution in [0.15, 0.2) is 42.5 Å². The maximum atomic E-state index is 6.08. The van der Waals surface area contributed by atoms with Crippen molar-refractivity contribution in [1.29, 1.82) is 0 Å². The highest BCUT2D eigenvalue weighted by atomic mass is 79.9. The summed E-state index contributed by atoms with van der Waals surface area (Å²) in [5, 5.41) is 1.26. The van der Waals surface area contributed by atoms with E-state index in [1.165, 1.54) is 5.56 Å². The van der Waals surface area contributed by atoms with Crippen LogP contribution in [0.2, 0.25) is 5.02 Å². The SMILES string of the molecule is COc1nc(/C(=C\CBr)c2ccc(C(C)(C)C)cc2)ccc1Cl. The second-order valence-electron chi connectivity index (χ2n) is 6.29. The summed E-state index contributed by atoms with van der Waals surface area (Å²) in [6, 6.07) is 12.3. The van der Waals surface area contributed by atoms with Gasteiger partial charge in [-0.1, -0.05) is 78.6 Å². The van der Waals surface area contributed by atoms with Gasteiger partial charge < -0.3 is 4.74 Å². The average Bonchev–Trinajstić information content (AvgIpc) is 2.53. The Balaban J connectivity index is 2.45. The van der Waals surface area contributed by atoms with Crippen molar-refractivity contribution in [1.82, 2.24) is 4.98 Å². The van der Waals surface area contributed by atoms with E-state index < -0.39 is 0 Å². The van der Waals surface area contributed by atoms with E-state index in [9.17, 15) is 0 Å². The number of ether oxygens (including phenoxy) is 1. The summed E-state index contributed by atoms with van der Waals surface area (Å²) < 4.78 is 5.23. The molecule has 4 heteroatoms. The zero-order valence-corrected chi connectivity index (χ0v) is 16.2. The van der Waals surface area contributed by atoms with Gasteiger partial charge in [0.15, 0.2) is 0 Å². The lowest BCUT2D eigenvalue weighted by molar-refractivity contribution is 0.398. The van der Waals surface area contributed by atoms with Crippen molar-refractivity contribution in [2.45, 2.75) is 26.2 Å². The fraction of sp³-hybridized carbons (Fsp3) is 0.316. The topological polar surface area (TPSA) is 22.1 Å². The molecule has 1 aromatic heterocycles. The molecule has 2 aromatic rings. The number of nitrogens with zero attached hydrogens (tertiary/aromatic N) is 1. The van der Waals surface area contributed by atoms with Crippen molar-refractivity contribution in [3.8, 4) is 5.88 Å². The first-order chi connectivity index (χ1) is 10.9. The predicted octanol–water partition coefficient (Wildman–Crippen LogP) is 5.87. The summed E-state index contributed by atoms with van der Waals surface area (Å²) in [6.45, 7) is 6.63. The van der Waals surface area contributed by atoms with Crippen LogP contribution in [0.4, 0.5) is 0 Å². The molecular weight excluding hydrogens is 374 g/mol. The van der Waals surface area contributed by atoms with Crippen LogP contribution in [0.5, 0.6) is 5.88 Å². The van der Waals surface area contributed by atoms with E-state index >= 15 is 0 Å². The maximum absolute atomic E-state index is 6.08. The number of pyridine rings is 1. The van der Waals surface area contributed by atoms with Gasteiger partial charge in [-0.05, 0) is 28.7 Å². The largest absolute Gasteiger partial charge is 0.480 e. The molecule has 122 valence electrons. The first kappa shape index (κ1) is 18.0. The number of aromatic nitrogens is 1. The van der Waals surface area contributed by atoms with Gasteiger partial charge in [-0.15, -0.1) is 0 Å². The molecule has 0 fully saturated rings. The molecule has 1 heterocycles. The Kier molecular flexibility index (Phi) is 5.88. The van der Waals surface area contributed by atoms with Gasteiger partial charge in [0, 0.05) is 10.9 Å². The van der Waals surface area contributed by atoms with Crippen LogP contribution in [-0.2, 0) is 5.41 Å². The minimum Gasteiger partial charge on any atom is -0.480 e. The minimum absolute atomic E-state index is 0.138. The predicted molar refractivity (Wildman–Crippen MR) is 102 cm³/mol. The molecule has 0 saturated heterocycles. The molecular formula is C19H21BrClNO. The molecule has 0 atom stereocenters. The molecule has 0 saturated carbocycles. The molecule has 0 unspecified atom stereocenters. The van der Waals surface area contributed by atoms with Crippen molar-refractivity contribution in [3.63, 3.8) is 0 Å². The molecule has 0 radical (unpaired) electrons. The van der Waals surface area contributed by atoms with Crippen molar-refractivity contribution in [2.24, 2.45) is 0 Å². The van der Waals surface area contributed by atoms with Gasteiger partial charge in [0.05, 0.1) is 12.8 Å².